The summed E-state index contributed by atoms with van der Waals surface area (Å²) < 4.78 is 0.734. The Morgan fingerprint density at radius 1 is 1.41 bits per heavy atom. The van der Waals surface area contributed by atoms with Crippen LogP contribution >= 0.6 is 34.7 Å². The van der Waals surface area contributed by atoms with Crippen LogP contribution in [0.4, 0.5) is 5.69 Å². The Kier molecular flexibility index (Phi) is 4.71. The van der Waals surface area contributed by atoms with E-state index in [1.807, 2.05) is 17.8 Å². The van der Waals surface area contributed by atoms with Gasteiger partial charge in [0.25, 0.3) is 0 Å². The maximum absolute atomic E-state index is 5.85. The van der Waals surface area contributed by atoms with Crippen molar-refractivity contribution in [2.75, 3.05) is 11.1 Å². The van der Waals surface area contributed by atoms with Gasteiger partial charge in [0.2, 0.25) is 0 Å². The van der Waals surface area contributed by atoms with Crippen LogP contribution in [0.2, 0.25) is 4.34 Å². The third kappa shape index (κ3) is 3.63. The second-order valence-corrected chi connectivity index (χ2v) is 6.39. The fraction of sp³-hybridized carbons (Fsp3) is 0.250. The highest BCUT2D eigenvalue weighted by Crippen LogP contribution is 2.27. The third-order valence-corrected chi connectivity index (χ3v) is 4.21. The second kappa shape index (κ2) is 6.28. The Hall–Kier alpha value is -0.710. The number of benzene rings is 1. The SMILES string of the molecule is CCSc1ccccc1NCc1ncc(Cl)s1. The number of hydrogen-bond acceptors (Lipinski definition) is 4. The third-order valence-electron chi connectivity index (χ3n) is 2.14. The maximum atomic E-state index is 5.85. The molecule has 5 heteroatoms. The lowest BCUT2D eigenvalue weighted by Crippen LogP contribution is -1.99. The summed E-state index contributed by atoms with van der Waals surface area (Å²) in [7, 11) is 0. The van der Waals surface area contributed by atoms with Crippen molar-refractivity contribution in [2.45, 2.75) is 18.4 Å². The van der Waals surface area contributed by atoms with Gasteiger partial charge in [-0.25, -0.2) is 4.98 Å². The van der Waals surface area contributed by atoms with Crippen LogP contribution in [0.15, 0.2) is 35.4 Å². The van der Waals surface area contributed by atoms with Crippen molar-refractivity contribution in [1.29, 1.82) is 0 Å². The van der Waals surface area contributed by atoms with Gasteiger partial charge in [0.1, 0.15) is 9.34 Å². The molecule has 17 heavy (non-hydrogen) atoms. The molecule has 0 fully saturated rings. The van der Waals surface area contributed by atoms with Crippen molar-refractivity contribution in [3.63, 3.8) is 0 Å². The van der Waals surface area contributed by atoms with Gasteiger partial charge in [-0.15, -0.1) is 23.1 Å². The number of thiazole rings is 1. The van der Waals surface area contributed by atoms with Crippen molar-refractivity contribution in [3.8, 4) is 0 Å². The molecule has 0 aliphatic carbocycles. The molecular weight excluding hydrogens is 272 g/mol. The average molecular weight is 285 g/mol. The lowest BCUT2D eigenvalue weighted by atomic mass is 10.3. The van der Waals surface area contributed by atoms with Crippen molar-refractivity contribution in [3.05, 3.63) is 39.8 Å². The molecule has 0 bridgehead atoms. The summed E-state index contributed by atoms with van der Waals surface area (Å²) in [5, 5.41) is 4.40. The number of thioether (sulfide) groups is 1. The Labute approximate surface area is 114 Å². The minimum atomic E-state index is 0.721. The molecule has 0 spiro atoms. The molecule has 0 saturated heterocycles. The maximum Gasteiger partial charge on any atom is 0.113 e. The van der Waals surface area contributed by atoms with E-state index in [0.29, 0.717) is 0 Å². The number of aromatic nitrogens is 1. The van der Waals surface area contributed by atoms with Gasteiger partial charge >= 0.3 is 0 Å². The van der Waals surface area contributed by atoms with E-state index in [-0.39, 0.29) is 0 Å². The standard InChI is InChI=1S/C12H13ClN2S2/c1-2-16-10-6-4-3-5-9(10)14-8-12-15-7-11(13)17-12/h3-7,14H,2,8H2,1H3. The van der Waals surface area contributed by atoms with E-state index in [9.17, 15) is 0 Å². The van der Waals surface area contributed by atoms with Gasteiger partial charge in [-0.1, -0.05) is 30.7 Å². The molecule has 0 unspecified atom stereocenters. The molecule has 0 radical (unpaired) electrons. The Bertz CT molecular complexity index is 485. The first-order chi connectivity index (χ1) is 8.29. The zero-order valence-corrected chi connectivity index (χ0v) is 11.8. The van der Waals surface area contributed by atoms with Crippen LogP contribution in [0, 0.1) is 0 Å². The lowest BCUT2D eigenvalue weighted by molar-refractivity contribution is 1.09. The molecule has 0 amide bonds. The van der Waals surface area contributed by atoms with Gasteiger partial charge in [0.15, 0.2) is 0 Å². The normalized spacial score (nSPS) is 10.5. The van der Waals surface area contributed by atoms with Crippen molar-refractivity contribution in [1.82, 2.24) is 4.98 Å². The lowest BCUT2D eigenvalue weighted by Gasteiger charge is -2.09. The topological polar surface area (TPSA) is 24.9 Å². The monoisotopic (exact) mass is 284 g/mol. The largest absolute Gasteiger partial charge is 0.378 e. The van der Waals surface area contributed by atoms with E-state index in [4.69, 9.17) is 11.6 Å². The number of hydrogen-bond donors (Lipinski definition) is 1. The predicted octanol–water partition coefficient (Wildman–Crippen LogP) is 4.52. The number of rotatable bonds is 5. The van der Waals surface area contributed by atoms with Crippen LogP contribution in [-0.2, 0) is 6.54 Å². The second-order valence-electron chi connectivity index (χ2n) is 3.34. The minimum absolute atomic E-state index is 0.721. The number of nitrogens with zero attached hydrogens (tertiary/aromatic N) is 1. The summed E-state index contributed by atoms with van der Waals surface area (Å²) in [6.07, 6.45) is 1.69. The number of halogens is 1. The Balaban J connectivity index is 2.03. The van der Waals surface area contributed by atoms with E-state index >= 15 is 0 Å². The van der Waals surface area contributed by atoms with Gasteiger partial charge in [-0.3, -0.25) is 0 Å². The van der Waals surface area contributed by atoms with Crippen LogP contribution in [0.5, 0.6) is 0 Å². The Morgan fingerprint density at radius 3 is 2.94 bits per heavy atom. The first-order valence-electron chi connectivity index (χ1n) is 5.35. The molecule has 90 valence electrons. The molecule has 2 aromatic rings. The molecule has 2 rings (SSSR count). The summed E-state index contributed by atoms with van der Waals surface area (Å²) >= 11 is 9.20. The molecule has 1 aromatic heterocycles. The van der Waals surface area contributed by atoms with Gasteiger partial charge in [0, 0.05) is 10.6 Å². The predicted molar refractivity (Wildman–Crippen MR) is 77.3 cm³/mol. The fourth-order valence-electron chi connectivity index (χ4n) is 1.43. The van der Waals surface area contributed by atoms with Crippen LogP contribution in [0.1, 0.15) is 11.9 Å². The van der Waals surface area contributed by atoms with Gasteiger partial charge in [-0.05, 0) is 17.9 Å². The highest BCUT2D eigenvalue weighted by molar-refractivity contribution is 7.99. The zero-order valence-electron chi connectivity index (χ0n) is 9.44. The number of anilines is 1. The molecule has 1 aromatic carbocycles. The fourth-order valence-corrected chi connectivity index (χ4v) is 3.11. The summed E-state index contributed by atoms with van der Waals surface area (Å²) in [4.78, 5) is 5.50. The molecule has 1 N–H and O–H groups in total. The summed E-state index contributed by atoms with van der Waals surface area (Å²) in [5.74, 6) is 1.07. The Morgan fingerprint density at radius 2 is 2.24 bits per heavy atom. The molecule has 1 heterocycles. The van der Waals surface area contributed by atoms with Crippen LogP contribution < -0.4 is 5.32 Å². The minimum Gasteiger partial charge on any atom is -0.378 e. The smallest absolute Gasteiger partial charge is 0.113 e. The van der Waals surface area contributed by atoms with Crippen LogP contribution in [0.25, 0.3) is 0 Å². The van der Waals surface area contributed by atoms with E-state index in [1.165, 1.54) is 16.2 Å². The first kappa shape index (κ1) is 12.7. The summed E-state index contributed by atoms with van der Waals surface area (Å²) in [6, 6.07) is 8.32. The summed E-state index contributed by atoms with van der Waals surface area (Å²) in [5.41, 5.74) is 1.16. The van der Waals surface area contributed by atoms with Crippen LogP contribution in [-0.4, -0.2) is 10.7 Å². The van der Waals surface area contributed by atoms with E-state index in [2.05, 4.69) is 35.4 Å². The zero-order chi connectivity index (χ0) is 12.1. The van der Waals surface area contributed by atoms with Crippen molar-refractivity contribution >= 4 is 40.4 Å². The first-order valence-corrected chi connectivity index (χ1v) is 7.53. The molecule has 0 aliphatic heterocycles. The summed E-state index contributed by atoms with van der Waals surface area (Å²) in [6.45, 7) is 2.88. The quantitative estimate of drug-likeness (QED) is 0.817. The molecule has 2 nitrogen and oxygen atoms in total. The highest BCUT2D eigenvalue weighted by atomic mass is 35.5. The van der Waals surface area contributed by atoms with Gasteiger partial charge in [0.05, 0.1) is 12.7 Å². The van der Waals surface area contributed by atoms with Gasteiger partial charge in [-0.2, -0.15) is 0 Å². The average Bonchev–Trinajstić information content (AvgIpc) is 2.74. The van der Waals surface area contributed by atoms with Crippen molar-refractivity contribution < 1.29 is 0 Å². The number of para-hydroxylation sites is 1. The van der Waals surface area contributed by atoms with E-state index in [0.717, 1.165) is 27.3 Å². The molecular formula is C12H13ClN2S2. The highest BCUT2D eigenvalue weighted by Gasteiger charge is 2.03. The van der Waals surface area contributed by atoms with E-state index < -0.39 is 0 Å². The van der Waals surface area contributed by atoms with E-state index in [1.54, 1.807) is 6.20 Å². The molecule has 0 aliphatic rings. The van der Waals surface area contributed by atoms with Crippen LogP contribution in [0.3, 0.4) is 0 Å². The molecule has 0 saturated carbocycles. The number of nitrogens with one attached hydrogen (secondary N) is 1. The van der Waals surface area contributed by atoms with Gasteiger partial charge < -0.3 is 5.32 Å². The van der Waals surface area contributed by atoms with Crippen molar-refractivity contribution in [2.24, 2.45) is 0 Å². The molecule has 0 atom stereocenters.